The minimum Gasteiger partial charge on any atom is -1.00 e. The number of nitriles is 1. The van der Waals surface area contributed by atoms with Crippen LogP contribution in [-0.4, -0.2) is 11.2 Å². The van der Waals surface area contributed by atoms with Crippen LogP contribution in [0.15, 0.2) is 48.5 Å². The number of aryl methyl sites for hydroxylation is 1. The molecule has 0 bridgehead atoms. The molecule has 0 aliphatic carbocycles. The van der Waals surface area contributed by atoms with E-state index in [-0.39, 0.29) is 24.0 Å². The van der Waals surface area contributed by atoms with Gasteiger partial charge in [-0.05, 0) is 31.2 Å². The van der Waals surface area contributed by atoms with Crippen molar-refractivity contribution in [2.24, 2.45) is 0 Å². The molecule has 0 amide bonds. The molecule has 5 heteroatoms. The molecule has 1 aromatic heterocycles. The number of hydrogen-bond donors (Lipinski definition) is 0. The molecule has 124 valence electrons. The first-order valence-electron chi connectivity index (χ1n) is 7.85. The predicted octanol–water partition coefficient (Wildman–Crippen LogP) is 0.212. The molecule has 24 heavy (non-hydrogen) atoms. The molecule has 1 heterocycles. The van der Waals surface area contributed by atoms with E-state index in [9.17, 15) is 0 Å². The van der Waals surface area contributed by atoms with E-state index < -0.39 is 0 Å². The van der Waals surface area contributed by atoms with E-state index in [1.54, 1.807) is 0 Å². The quantitative estimate of drug-likeness (QED) is 0.427. The van der Waals surface area contributed by atoms with E-state index in [2.05, 4.69) is 29.1 Å². The van der Waals surface area contributed by atoms with Crippen molar-refractivity contribution in [1.29, 1.82) is 5.26 Å². The Labute approximate surface area is 159 Å². The molecule has 2 aromatic carbocycles. The van der Waals surface area contributed by atoms with Crippen LogP contribution in [0.25, 0.3) is 11.0 Å². The number of rotatable bonds is 5. The second kappa shape index (κ2) is 8.15. The van der Waals surface area contributed by atoms with Gasteiger partial charge in [0.05, 0.1) is 18.2 Å². The van der Waals surface area contributed by atoms with Crippen LogP contribution < -0.4 is 33.3 Å². The Kier molecular flexibility index (Phi) is 6.21. The average Bonchev–Trinajstić information content (AvgIpc) is 2.86. The van der Waals surface area contributed by atoms with Gasteiger partial charge in [0.25, 0.3) is 5.82 Å². The Morgan fingerprint density at radius 1 is 1.17 bits per heavy atom. The molecule has 0 N–H and O–H groups in total. The third-order valence-electron chi connectivity index (χ3n) is 4.11. The average molecular weight is 433 g/mol. The molecule has 3 rings (SSSR count). The van der Waals surface area contributed by atoms with Crippen molar-refractivity contribution in [3.05, 3.63) is 59.9 Å². The maximum atomic E-state index is 9.16. The molecule has 4 nitrogen and oxygen atoms in total. The molecule has 0 spiro atoms. The number of hydrogen-bond acceptors (Lipinski definition) is 2. The normalized spacial score (nSPS) is 10.2. The lowest BCUT2D eigenvalue weighted by Gasteiger charge is -2.05. The molecule has 0 fully saturated rings. The van der Waals surface area contributed by atoms with E-state index in [0.29, 0.717) is 12.2 Å². The third-order valence-corrected chi connectivity index (χ3v) is 4.11. The molecule has 0 aliphatic rings. The Morgan fingerprint density at radius 2 is 1.92 bits per heavy atom. The van der Waals surface area contributed by atoms with Crippen LogP contribution in [0.5, 0.6) is 5.75 Å². The third kappa shape index (κ3) is 3.54. The maximum absolute atomic E-state index is 9.16. The number of fused-ring (bicyclic) bond motifs is 1. The zero-order chi connectivity index (χ0) is 16.2. The first kappa shape index (κ1) is 18.3. The van der Waals surface area contributed by atoms with Crippen molar-refractivity contribution >= 4 is 11.0 Å². The standard InChI is InChI=1S/C19H20N3O.HI/c1-3-21-15(2)22(11-12-23-17-7-5-4-6-8-17)19-13-16(14-20)9-10-18(19)21;/h4-10,13H,3,11-12H2,1-2H3;1H/q+1;/p-1. The lowest BCUT2D eigenvalue weighted by atomic mass is 10.2. The van der Waals surface area contributed by atoms with Gasteiger partial charge in [0.1, 0.15) is 18.9 Å². The fraction of sp³-hybridized carbons (Fsp3) is 0.263. The molecular formula is C19H20IN3O. The molecule has 3 aromatic rings. The Morgan fingerprint density at radius 3 is 2.58 bits per heavy atom. The molecule has 0 saturated carbocycles. The van der Waals surface area contributed by atoms with Crippen LogP contribution in [0.1, 0.15) is 18.3 Å². The Hall–Kier alpha value is -2.07. The van der Waals surface area contributed by atoms with Crippen molar-refractivity contribution in [3.63, 3.8) is 0 Å². The van der Waals surface area contributed by atoms with Gasteiger partial charge in [-0.2, -0.15) is 5.26 Å². The minimum atomic E-state index is 0. The molecule has 0 atom stereocenters. The van der Waals surface area contributed by atoms with Gasteiger partial charge in [-0.15, -0.1) is 0 Å². The zero-order valence-electron chi connectivity index (χ0n) is 13.9. The lowest BCUT2D eigenvalue weighted by molar-refractivity contribution is -0.675. The summed E-state index contributed by atoms with van der Waals surface area (Å²) < 4.78 is 10.3. The summed E-state index contributed by atoms with van der Waals surface area (Å²) in [5.41, 5.74) is 2.92. The van der Waals surface area contributed by atoms with Crippen LogP contribution in [0, 0.1) is 18.3 Å². The molecule has 0 saturated heterocycles. The van der Waals surface area contributed by atoms with Crippen LogP contribution in [-0.2, 0) is 13.1 Å². The highest BCUT2D eigenvalue weighted by atomic mass is 127. The lowest BCUT2D eigenvalue weighted by Crippen LogP contribution is -3.00. The summed E-state index contributed by atoms with van der Waals surface area (Å²) in [6.07, 6.45) is 0. The van der Waals surface area contributed by atoms with Gasteiger partial charge in [-0.1, -0.05) is 18.2 Å². The van der Waals surface area contributed by atoms with Crippen LogP contribution >= 0.6 is 0 Å². The van der Waals surface area contributed by atoms with Crippen LogP contribution in [0.4, 0.5) is 0 Å². The summed E-state index contributed by atoms with van der Waals surface area (Å²) in [7, 11) is 0. The van der Waals surface area contributed by atoms with Crippen molar-refractivity contribution in [2.75, 3.05) is 6.61 Å². The molecular weight excluding hydrogens is 413 g/mol. The SMILES string of the molecule is CC[n+]1c(C)n(CCOc2ccccc2)c2cc(C#N)ccc21.[I-]. The van der Waals surface area contributed by atoms with Crippen LogP contribution in [0.2, 0.25) is 0 Å². The predicted molar refractivity (Wildman–Crippen MR) is 89.2 cm³/mol. The van der Waals surface area contributed by atoms with E-state index >= 15 is 0 Å². The zero-order valence-corrected chi connectivity index (χ0v) is 16.0. The maximum Gasteiger partial charge on any atom is 0.254 e. The highest BCUT2D eigenvalue weighted by Crippen LogP contribution is 2.17. The highest BCUT2D eigenvalue weighted by Gasteiger charge is 2.20. The monoisotopic (exact) mass is 433 g/mol. The van der Waals surface area contributed by atoms with Gasteiger partial charge in [-0.3, -0.25) is 0 Å². The van der Waals surface area contributed by atoms with Crippen molar-refractivity contribution in [2.45, 2.75) is 26.9 Å². The van der Waals surface area contributed by atoms with Gasteiger partial charge in [-0.25, -0.2) is 9.13 Å². The summed E-state index contributed by atoms with van der Waals surface area (Å²) in [5, 5.41) is 9.16. The number of benzene rings is 2. The Balaban J connectivity index is 0.00000208. The van der Waals surface area contributed by atoms with Crippen molar-refractivity contribution < 1.29 is 33.3 Å². The molecule has 0 aliphatic heterocycles. The van der Waals surface area contributed by atoms with Crippen molar-refractivity contribution in [1.82, 2.24) is 4.57 Å². The first-order valence-corrected chi connectivity index (χ1v) is 7.85. The number of imidazole rings is 1. The van der Waals surface area contributed by atoms with Gasteiger partial charge < -0.3 is 28.7 Å². The highest BCUT2D eigenvalue weighted by molar-refractivity contribution is 5.74. The van der Waals surface area contributed by atoms with Gasteiger partial charge in [0.2, 0.25) is 0 Å². The van der Waals surface area contributed by atoms with Gasteiger partial charge in [0, 0.05) is 13.0 Å². The number of ether oxygens (including phenoxy) is 1. The summed E-state index contributed by atoms with van der Waals surface area (Å²) in [5.74, 6) is 2.05. The van der Waals surface area contributed by atoms with Gasteiger partial charge in [0.15, 0.2) is 11.0 Å². The Bertz CT molecular complexity index is 866. The minimum absolute atomic E-state index is 0. The molecule has 0 radical (unpaired) electrons. The number of nitrogens with zero attached hydrogens (tertiary/aromatic N) is 3. The smallest absolute Gasteiger partial charge is 0.254 e. The molecule has 0 unspecified atom stereocenters. The van der Waals surface area contributed by atoms with Crippen LogP contribution in [0.3, 0.4) is 0 Å². The van der Waals surface area contributed by atoms with Gasteiger partial charge >= 0.3 is 0 Å². The summed E-state index contributed by atoms with van der Waals surface area (Å²) in [4.78, 5) is 0. The van der Waals surface area contributed by atoms with E-state index in [4.69, 9.17) is 10.00 Å². The fourth-order valence-electron chi connectivity index (χ4n) is 2.98. The summed E-state index contributed by atoms with van der Waals surface area (Å²) >= 11 is 0. The number of halogens is 1. The van der Waals surface area contributed by atoms with Crippen molar-refractivity contribution in [3.8, 4) is 11.8 Å². The summed E-state index contributed by atoms with van der Waals surface area (Å²) in [6, 6.07) is 17.9. The largest absolute Gasteiger partial charge is 1.00 e. The summed E-state index contributed by atoms with van der Waals surface area (Å²) in [6.45, 7) is 6.49. The van der Waals surface area contributed by atoms with E-state index in [1.165, 1.54) is 5.82 Å². The number of aromatic nitrogens is 2. The number of para-hydroxylation sites is 1. The first-order chi connectivity index (χ1) is 11.2. The second-order valence-electron chi connectivity index (χ2n) is 5.42. The van der Waals surface area contributed by atoms with E-state index in [0.717, 1.165) is 29.9 Å². The second-order valence-corrected chi connectivity index (χ2v) is 5.42. The topological polar surface area (TPSA) is 41.8 Å². The fourth-order valence-corrected chi connectivity index (χ4v) is 2.98. The van der Waals surface area contributed by atoms with E-state index in [1.807, 2.05) is 48.5 Å².